The van der Waals surface area contributed by atoms with Crippen LogP contribution in [0.5, 0.6) is 17.2 Å². The lowest BCUT2D eigenvalue weighted by Crippen LogP contribution is -2.12. The maximum Gasteiger partial charge on any atom is 0.344 e. The van der Waals surface area contributed by atoms with Crippen LogP contribution in [0, 0.1) is 0 Å². The van der Waals surface area contributed by atoms with Gasteiger partial charge in [0.25, 0.3) is 0 Å². The molecule has 0 spiro atoms. The lowest BCUT2D eigenvalue weighted by atomic mass is 10.1. The number of phenols is 1. The van der Waals surface area contributed by atoms with Gasteiger partial charge in [-0.05, 0) is 61.9 Å². The highest BCUT2D eigenvalue weighted by Gasteiger charge is 2.33. The van der Waals surface area contributed by atoms with Crippen LogP contribution in [0.25, 0.3) is 6.08 Å². The summed E-state index contributed by atoms with van der Waals surface area (Å²) in [5, 5.41) is 20.9. The fourth-order valence-electron chi connectivity index (χ4n) is 2.83. The number of benzene rings is 2. The smallest absolute Gasteiger partial charge is 0.344 e. The average molecular weight is 442 g/mol. The van der Waals surface area contributed by atoms with Gasteiger partial charge >= 0.3 is 5.97 Å². The first-order valence-corrected chi connectivity index (χ1v) is 10.5. The van der Waals surface area contributed by atoms with E-state index in [1.165, 1.54) is 13.2 Å². The summed E-state index contributed by atoms with van der Waals surface area (Å²) in [6, 6.07) is 11.9. The van der Waals surface area contributed by atoms with Crippen LogP contribution in [0.1, 0.15) is 19.4 Å². The third-order valence-corrected chi connectivity index (χ3v) is 5.27. The second-order valence-corrected chi connectivity index (χ2v) is 7.36. The Morgan fingerprint density at radius 1 is 1.10 bits per heavy atom. The Balaban J connectivity index is 1.99. The first-order chi connectivity index (χ1) is 15.0. The Bertz CT molecular complexity index is 1060. The van der Waals surface area contributed by atoms with Crippen LogP contribution in [0.2, 0.25) is 0 Å². The number of methoxy groups -OCH3 is 1. The Kier molecular flexibility index (Phi) is 7.25. The van der Waals surface area contributed by atoms with Crippen LogP contribution in [-0.2, 0) is 9.53 Å². The predicted octanol–water partition coefficient (Wildman–Crippen LogP) is 4.99. The number of aliphatic hydroxyl groups excluding tert-OH is 1. The highest BCUT2D eigenvalue weighted by atomic mass is 32.2. The first kappa shape index (κ1) is 22.3. The summed E-state index contributed by atoms with van der Waals surface area (Å²) < 4.78 is 15.7. The van der Waals surface area contributed by atoms with Gasteiger partial charge < -0.3 is 24.4 Å². The van der Waals surface area contributed by atoms with Gasteiger partial charge in [0.1, 0.15) is 22.1 Å². The molecule has 1 aliphatic rings. The van der Waals surface area contributed by atoms with Crippen LogP contribution in [-0.4, -0.2) is 41.5 Å². The maximum atomic E-state index is 12.5. The van der Waals surface area contributed by atoms with Crippen molar-refractivity contribution in [1.29, 1.82) is 0 Å². The van der Waals surface area contributed by atoms with Gasteiger partial charge in [-0.3, -0.25) is 0 Å². The number of phenolic OH excluding ortho intramolecular Hbond substituents is 1. The van der Waals surface area contributed by atoms with E-state index in [4.69, 9.17) is 14.2 Å². The number of hydrogen-bond donors (Lipinski definition) is 2. The zero-order valence-electron chi connectivity index (χ0n) is 17.4. The van der Waals surface area contributed by atoms with Gasteiger partial charge in [0, 0.05) is 0 Å². The van der Waals surface area contributed by atoms with Gasteiger partial charge in [-0.2, -0.15) is 0 Å². The van der Waals surface area contributed by atoms with Crippen molar-refractivity contribution in [3.05, 3.63) is 64.3 Å². The van der Waals surface area contributed by atoms with Gasteiger partial charge in [0.2, 0.25) is 0 Å². The highest BCUT2D eigenvalue weighted by Crippen LogP contribution is 2.41. The number of carbonyl (C=O) groups excluding carboxylic acids is 1. The van der Waals surface area contributed by atoms with E-state index >= 15 is 0 Å². The number of thioether (sulfide) groups is 1. The van der Waals surface area contributed by atoms with E-state index in [1.54, 1.807) is 49.4 Å². The summed E-state index contributed by atoms with van der Waals surface area (Å²) in [5.74, 6) is 0.170. The number of aromatic hydroxyl groups is 1. The lowest BCUT2D eigenvalue weighted by Gasteiger charge is -2.05. The second kappa shape index (κ2) is 10.1. The molecule has 0 unspecified atom stereocenters. The Morgan fingerprint density at radius 3 is 2.48 bits per heavy atom. The summed E-state index contributed by atoms with van der Waals surface area (Å²) in [7, 11) is 1.45. The van der Waals surface area contributed by atoms with Crippen molar-refractivity contribution in [2.75, 3.05) is 20.3 Å². The molecule has 2 aromatic rings. The molecule has 2 aromatic carbocycles. The molecule has 0 bridgehead atoms. The molecule has 8 heteroatoms. The predicted molar refractivity (Wildman–Crippen MR) is 121 cm³/mol. The number of aliphatic hydroxyl groups is 1. The molecule has 0 fully saturated rings. The SMILES string of the molecule is CCOC(=O)C1=C(O)/C(=C\c2ccc(O)c(OC)c2)SC1=Nc1ccc(OCC)cc1. The third kappa shape index (κ3) is 5.21. The molecule has 162 valence electrons. The van der Waals surface area contributed by atoms with E-state index in [0.717, 1.165) is 17.5 Å². The van der Waals surface area contributed by atoms with Crippen molar-refractivity contribution < 1.29 is 29.2 Å². The number of ether oxygens (including phenoxy) is 3. The monoisotopic (exact) mass is 441 g/mol. The molecule has 1 aliphatic heterocycles. The van der Waals surface area contributed by atoms with Gasteiger partial charge in [0.15, 0.2) is 11.5 Å². The molecular weight excluding hydrogens is 418 g/mol. The number of hydrogen-bond acceptors (Lipinski definition) is 8. The van der Waals surface area contributed by atoms with Gasteiger partial charge in [-0.25, -0.2) is 9.79 Å². The third-order valence-electron chi connectivity index (χ3n) is 4.25. The van der Waals surface area contributed by atoms with Crippen LogP contribution < -0.4 is 9.47 Å². The molecule has 7 nitrogen and oxygen atoms in total. The molecule has 3 rings (SSSR count). The maximum absolute atomic E-state index is 12.5. The van der Waals surface area contributed by atoms with E-state index in [2.05, 4.69) is 4.99 Å². The van der Waals surface area contributed by atoms with Crippen LogP contribution in [0.4, 0.5) is 5.69 Å². The van der Waals surface area contributed by atoms with E-state index in [1.807, 2.05) is 6.92 Å². The van der Waals surface area contributed by atoms with Crippen molar-refractivity contribution >= 4 is 34.5 Å². The van der Waals surface area contributed by atoms with Crippen molar-refractivity contribution in [1.82, 2.24) is 0 Å². The molecule has 0 saturated heterocycles. The molecule has 0 atom stereocenters. The quantitative estimate of drug-likeness (QED) is 0.584. The van der Waals surface area contributed by atoms with Crippen molar-refractivity contribution in [2.45, 2.75) is 13.8 Å². The fourth-order valence-corrected chi connectivity index (χ4v) is 3.86. The summed E-state index contributed by atoms with van der Waals surface area (Å²) in [5.41, 5.74) is 1.29. The van der Waals surface area contributed by atoms with Crippen LogP contribution in [0.15, 0.2) is 63.7 Å². The van der Waals surface area contributed by atoms with E-state index in [9.17, 15) is 15.0 Å². The second-order valence-electron chi connectivity index (χ2n) is 6.33. The van der Waals surface area contributed by atoms with Crippen LogP contribution in [0.3, 0.4) is 0 Å². The molecule has 2 N–H and O–H groups in total. The van der Waals surface area contributed by atoms with Gasteiger partial charge in [-0.1, -0.05) is 17.8 Å². The summed E-state index contributed by atoms with van der Waals surface area (Å²) in [6.07, 6.45) is 1.68. The largest absolute Gasteiger partial charge is 0.506 e. The molecule has 1 heterocycles. The van der Waals surface area contributed by atoms with Crippen molar-refractivity contribution in [2.24, 2.45) is 4.99 Å². The molecular formula is C23H23NO6S. The topological polar surface area (TPSA) is 97.6 Å². The number of rotatable bonds is 7. The normalized spacial score (nSPS) is 16.1. The molecule has 31 heavy (non-hydrogen) atoms. The standard InChI is InChI=1S/C23H23NO6S/c1-4-29-16-9-7-15(8-10-16)24-22-20(23(27)30-5-2)21(26)19(31-22)13-14-6-11-17(25)18(12-14)28-3/h6-13,25-26H,4-5H2,1-3H3/b19-13+,24-22?. The van der Waals surface area contributed by atoms with Crippen molar-refractivity contribution in [3.63, 3.8) is 0 Å². The Labute approximate surface area is 184 Å². The molecule has 0 aliphatic carbocycles. The lowest BCUT2D eigenvalue weighted by molar-refractivity contribution is -0.138. The first-order valence-electron chi connectivity index (χ1n) is 9.66. The summed E-state index contributed by atoms with van der Waals surface area (Å²) >= 11 is 1.15. The van der Waals surface area contributed by atoms with Gasteiger partial charge in [-0.15, -0.1) is 0 Å². The van der Waals surface area contributed by atoms with E-state index in [-0.39, 0.29) is 23.7 Å². The average Bonchev–Trinajstić information content (AvgIpc) is 3.06. The minimum Gasteiger partial charge on any atom is -0.506 e. The zero-order valence-corrected chi connectivity index (χ0v) is 18.2. The summed E-state index contributed by atoms with van der Waals surface area (Å²) in [6.45, 7) is 4.33. The van der Waals surface area contributed by atoms with E-state index in [0.29, 0.717) is 33.6 Å². The zero-order chi connectivity index (χ0) is 22.4. The van der Waals surface area contributed by atoms with E-state index < -0.39 is 5.97 Å². The van der Waals surface area contributed by atoms with Crippen molar-refractivity contribution in [3.8, 4) is 17.2 Å². The number of nitrogens with zero attached hydrogens (tertiary/aromatic N) is 1. The fraction of sp³-hybridized carbons (Fsp3) is 0.217. The molecule has 0 amide bonds. The molecule has 0 aromatic heterocycles. The minimum atomic E-state index is -0.649. The molecule has 0 saturated carbocycles. The number of esters is 1. The number of aliphatic imine (C=N–C) groups is 1. The molecule has 0 radical (unpaired) electrons. The van der Waals surface area contributed by atoms with Crippen LogP contribution >= 0.6 is 11.8 Å². The highest BCUT2D eigenvalue weighted by molar-refractivity contribution is 8.18. The number of carbonyl (C=O) groups is 1. The van der Waals surface area contributed by atoms with Gasteiger partial charge in [0.05, 0.1) is 30.9 Å². The Morgan fingerprint density at radius 2 is 1.84 bits per heavy atom. The minimum absolute atomic E-state index is 0.00783. The Hall–Kier alpha value is -3.39. The summed E-state index contributed by atoms with van der Waals surface area (Å²) in [4.78, 5) is 17.5.